The zero-order valence-corrected chi connectivity index (χ0v) is 15.7. The largest absolute Gasteiger partial charge is 0.484 e. The van der Waals surface area contributed by atoms with Gasteiger partial charge in [0.2, 0.25) is 0 Å². The van der Waals surface area contributed by atoms with Crippen molar-refractivity contribution in [2.75, 3.05) is 17.2 Å². The number of hydrogen-bond acceptors (Lipinski definition) is 4. The van der Waals surface area contributed by atoms with Crippen molar-refractivity contribution in [3.05, 3.63) is 84.4 Å². The van der Waals surface area contributed by atoms with Crippen molar-refractivity contribution in [1.29, 1.82) is 0 Å². The predicted molar refractivity (Wildman–Crippen MR) is 108 cm³/mol. The summed E-state index contributed by atoms with van der Waals surface area (Å²) in [4.78, 5) is 24.1. The van der Waals surface area contributed by atoms with Gasteiger partial charge in [-0.3, -0.25) is 9.59 Å². The van der Waals surface area contributed by atoms with Gasteiger partial charge >= 0.3 is 6.61 Å². The molecule has 0 fully saturated rings. The molecule has 2 amide bonds. The third kappa shape index (κ3) is 6.30. The number of ether oxygens (including phenoxy) is 2. The summed E-state index contributed by atoms with van der Waals surface area (Å²) in [5.74, 6) is -0.199. The van der Waals surface area contributed by atoms with E-state index in [9.17, 15) is 18.4 Å². The van der Waals surface area contributed by atoms with Crippen LogP contribution in [0.5, 0.6) is 11.5 Å². The Bertz CT molecular complexity index is 978. The van der Waals surface area contributed by atoms with Crippen molar-refractivity contribution in [2.24, 2.45) is 0 Å². The monoisotopic (exact) mass is 412 g/mol. The number of nitrogens with one attached hydrogen (secondary N) is 2. The van der Waals surface area contributed by atoms with Crippen LogP contribution in [-0.4, -0.2) is 25.0 Å². The molecule has 0 bridgehead atoms. The Hall–Kier alpha value is -3.94. The molecule has 3 rings (SSSR count). The van der Waals surface area contributed by atoms with Crippen LogP contribution < -0.4 is 20.1 Å². The molecule has 0 saturated carbocycles. The first kappa shape index (κ1) is 20.8. The maximum absolute atomic E-state index is 12.1. The minimum atomic E-state index is -2.91. The second-order valence-corrected chi connectivity index (χ2v) is 6.08. The van der Waals surface area contributed by atoms with Crippen molar-refractivity contribution < 1.29 is 27.8 Å². The quantitative estimate of drug-likeness (QED) is 0.569. The van der Waals surface area contributed by atoms with E-state index in [2.05, 4.69) is 15.4 Å². The molecule has 0 spiro atoms. The molecule has 6 nitrogen and oxygen atoms in total. The Morgan fingerprint density at radius 1 is 0.767 bits per heavy atom. The molecule has 0 aromatic heterocycles. The Morgan fingerprint density at radius 2 is 1.33 bits per heavy atom. The van der Waals surface area contributed by atoms with Crippen molar-refractivity contribution in [1.82, 2.24) is 0 Å². The Balaban J connectivity index is 1.46. The minimum Gasteiger partial charge on any atom is -0.484 e. The lowest BCUT2D eigenvalue weighted by atomic mass is 10.2. The zero-order chi connectivity index (χ0) is 21.3. The van der Waals surface area contributed by atoms with E-state index in [0.717, 1.165) is 0 Å². The second kappa shape index (κ2) is 10.0. The van der Waals surface area contributed by atoms with E-state index in [4.69, 9.17) is 4.74 Å². The van der Waals surface area contributed by atoms with Crippen LogP contribution in [0.15, 0.2) is 78.9 Å². The third-order valence-electron chi connectivity index (χ3n) is 3.88. The standard InChI is InChI=1S/C22H18F2N2O4/c23-22(24)30-19-12-8-16(9-13-19)25-20(27)14-29-18-10-6-17(7-11-18)26-21(28)15-4-2-1-3-5-15/h1-13,22H,14H2,(H,25,27)(H,26,28). The van der Waals surface area contributed by atoms with Crippen molar-refractivity contribution in [3.8, 4) is 11.5 Å². The van der Waals surface area contributed by atoms with Gasteiger partial charge in [0.25, 0.3) is 11.8 Å². The van der Waals surface area contributed by atoms with Gasteiger partial charge in [0.1, 0.15) is 11.5 Å². The number of benzene rings is 3. The lowest BCUT2D eigenvalue weighted by Crippen LogP contribution is -2.20. The molecule has 0 radical (unpaired) electrons. The number of carbonyl (C=O) groups excluding carboxylic acids is 2. The maximum Gasteiger partial charge on any atom is 0.387 e. The highest BCUT2D eigenvalue weighted by molar-refractivity contribution is 6.04. The van der Waals surface area contributed by atoms with Gasteiger partial charge in [0.15, 0.2) is 6.61 Å². The second-order valence-electron chi connectivity index (χ2n) is 6.08. The topological polar surface area (TPSA) is 76.7 Å². The highest BCUT2D eigenvalue weighted by Crippen LogP contribution is 2.19. The lowest BCUT2D eigenvalue weighted by molar-refractivity contribution is -0.118. The van der Waals surface area contributed by atoms with Crippen molar-refractivity contribution in [3.63, 3.8) is 0 Å². The van der Waals surface area contributed by atoms with Gasteiger partial charge in [-0.05, 0) is 60.7 Å². The van der Waals surface area contributed by atoms with E-state index in [0.29, 0.717) is 22.7 Å². The van der Waals surface area contributed by atoms with E-state index in [1.807, 2.05) is 6.07 Å². The fraction of sp³-hybridized carbons (Fsp3) is 0.0909. The van der Waals surface area contributed by atoms with Crippen molar-refractivity contribution >= 4 is 23.2 Å². The van der Waals surface area contributed by atoms with Gasteiger partial charge in [-0.15, -0.1) is 0 Å². The summed E-state index contributed by atoms with van der Waals surface area (Å²) < 4.78 is 33.9. The van der Waals surface area contributed by atoms with Gasteiger partial charge in [0, 0.05) is 16.9 Å². The normalized spacial score (nSPS) is 10.4. The van der Waals surface area contributed by atoms with E-state index >= 15 is 0 Å². The van der Waals surface area contributed by atoms with Crippen LogP contribution in [0.3, 0.4) is 0 Å². The van der Waals surface area contributed by atoms with Crippen molar-refractivity contribution in [2.45, 2.75) is 6.61 Å². The first-order chi connectivity index (χ1) is 14.5. The molecule has 0 atom stereocenters. The zero-order valence-electron chi connectivity index (χ0n) is 15.7. The van der Waals surface area contributed by atoms with Gasteiger partial charge in [-0.2, -0.15) is 8.78 Å². The minimum absolute atomic E-state index is 0.00121. The first-order valence-electron chi connectivity index (χ1n) is 8.93. The SMILES string of the molecule is O=C(COc1ccc(NC(=O)c2ccccc2)cc1)Nc1ccc(OC(F)F)cc1. The summed E-state index contributed by atoms with van der Waals surface area (Å²) in [6.45, 7) is -3.15. The van der Waals surface area contributed by atoms with E-state index in [1.165, 1.54) is 24.3 Å². The highest BCUT2D eigenvalue weighted by atomic mass is 19.3. The number of halogens is 2. The molecule has 154 valence electrons. The molecular weight excluding hydrogens is 394 g/mol. The number of anilines is 2. The smallest absolute Gasteiger partial charge is 0.387 e. The summed E-state index contributed by atoms with van der Waals surface area (Å²) in [6, 6.07) is 20.9. The maximum atomic E-state index is 12.1. The molecule has 3 aromatic carbocycles. The molecule has 2 N–H and O–H groups in total. The number of rotatable bonds is 8. The van der Waals surface area contributed by atoms with Crippen LogP contribution in [0, 0.1) is 0 Å². The Morgan fingerprint density at radius 3 is 1.93 bits per heavy atom. The van der Waals surface area contributed by atoms with Gasteiger partial charge in [-0.25, -0.2) is 0 Å². The molecule has 0 saturated heterocycles. The number of alkyl halides is 2. The van der Waals surface area contributed by atoms with Crippen LogP contribution in [0.1, 0.15) is 10.4 Å². The average molecular weight is 412 g/mol. The van der Waals surface area contributed by atoms with E-state index in [1.54, 1.807) is 48.5 Å². The highest BCUT2D eigenvalue weighted by Gasteiger charge is 2.08. The van der Waals surface area contributed by atoms with E-state index in [-0.39, 0.29) is 18.3 Å². The van der Waals surface area contributed by atoms with Gasteiger partial charge < -0.3 is 20.1 Å². The molecule has 0 aliphatic heterocycles. The number of amides is 2. The third-order valence-corrected chi connectivity index (χ3v) is 3.88. The summed E-state index contributed by atoms with van der Waals surface area (Å²) in [7, 11) is 0. The number of carbonyl (C=O) groups is 2. The summed E-state index contributed by atoms with van der Waals surface area (Å²) in [5, 5.41) is 5.35. The van der Waals surface area contributed by atoms with E-state index < -0.39 is 12.5 Å². The molecule has 0 aliphatic carbocycles. The molecule has 0 aliphatic rings. The van der Waals surface area contributed by atoms with Crippen LogP contribution in [-0.2, 0) is 4.79 Å². The fourth-order valence-corrected chi connectivity index (χ4v) is 2.49. The summed E-state index contributed by atoms with van der Waals surface area (Å²) >= 11 is 0. The van der Waals surface area contributed by atoms with Gasteiger partial charge in [0.05, 0.1) is 0 Å². The lowest BCUT2D eigenvalue weighted by Gasteiger charge is -2.10. The van der Waals surface area contributed by atoms with Crippen LogP contribution in [0.25, 0.3) is 0 Å². The summed E-state index contributed by atoms with van der Waals surface area (Å²) in [5.41, 5.74) is 1.55. The Kier molecular flexibility index (Phi) is 6.94. The molecule has 30 heavy (non-hydrogen) atoms. The fourth-order valence-electron chi connectivity index (χ4n) is 2.49. The van der Waals surface area contributed by atoms with Gasteiger partial charge in [-0.1, -0.05) is 18.2 Å². The number of hydrogen-bond donors (Lipinski definition) is 2. The average Bonchev–Trinajstić information content (AvgIpc) is 2.75. The molecule has 0 heterocycles. The van der Waals surface area contributed by atoms with Crippen LogP contribution >= 0.6 is 0 Å². The molecule has 8 heteroatoms. The summed E-state index contributed by atoms with van der Waals surface area (Å²) in [6.07, 6.45) is 0. The molecular formula is C22H18F2N2O4. The van der Waals surface area contributed by atoms with Crippen LogP contribution in [0.4, 0.5) is 20.2 Å². The molecule has 0 unspecified atom stereocenters. The first-order valence-corrected chi connectivity index (χ1v) is 8.93. The Labute approximate surface area is 171 Å². The molecule has 3 aromatic rings. The predicted octanol–water partition coefficient (Wildman–Crippen LogP) is 4.56. The van der Waals surface area contributed by atoms with Crippen LogP contribution in [0.2, 0.25) is 0 Å².